The van der Waals surface area contributed by atoms with E-state index in [2.05, 4.69) is 35.9 Å². The molecule has 0 amide bonds. The van der Waals surface area contributed by atoms with Gasteiger partial charge in [0.15, 0.2) is 5.82 Å². The molecule has 18 heavy (non-hydrogen) atoms. The number of fused-ring (bicyclic) bond motifs is 1. The second kappa shape index (κ2) is 3.84. The minimum Gasteiger partial charge on any atom is -0.396 e. The van der Waals surface area contributed by atoms with Crippen molar-refractivity contribution in [2.24, 2.45) is 0 Å². The van der Waals surface area contributed by atoms with E-state index < -0.39 is 0 Å². The zero-order chi connectivity index (χ0) is 12.7. The van der Waals surface area contributed by atoms with Crippen LogP contribution in [-0.2, 0) is 0 Å². The number of rotatable bonds is 1. The van der Waals surface area contributed by atoms with Crippen LogP contribution in [0.4, 0.5) is 5.69 Å². The van der Waals surface area contributed by atoms with Crippen molar-refractivity contribution in [2.45, 2.75) is 13.8 Å². The van der Waals surface area contributed by atoms with Crippen molar-refractivity contribution in [3.63, 3.8) is 0 Å². The number of pyridine rings is 1. The number of aryl methyl sites for hydroxylation is 2. The van der Waals surface area contributed by atoms with Crippen LogP contribution in [0, 0.1) is 13.8 Å². The van der Waals surface area contributed by atoms with Crippen LogP contribution in [0.1, 0.15) is 11.1 Å². The summed E-state index contributed by atoms with van der Waals surface area (Å²) in [4.78, 5) is 8.73. The van der Waals surface area contributed by atoms with Gasteiger partial charge in [-0.05, 0) is 49.2 Å². The Hall–Kier alpha value is -2.36. The van der Waals surface area contributed by atoms with Crippen LogP contribution >= 0.6 is 0 Å². The van der Waals surface area contributed by atoms with Gasteiger partial charge in [-0.2, -0.15) is 0 Å². The van der Waals surface area contributed by atoms with Gasteiger partial charge in [0.05, 0.1) is 16.7 Å². The van der Waals surface area contributed by atoms with Crippen LogP contribution in [0.5, 0.6) is 0 Å². The molecule has 90 valence electrons. The highest BCUT2D eigenvalue weighted by atomic mass is 15.1. The third kappa shape index (κ3) is 1.54. The molecule has 3 rings (SSSR count). The molecule has 0 unspecified atom stereocenters. The Bertz CT molecular complexity index is 728. The third-order valence-electron chi connectivity index (χ3n) is 3.21. The topological polar surface area (TPSA) is 56.7 Å². The van der Waals surface area contributed by atoms with Crippen LogP contribution in [0.2, 0.25) is 0 Å². The van der Waals surface area contributed by atoms with Crippen molar-refractivity contribution in [3.05, 3.63) is 47.9 Å². The number of benzene rings is 1. The van der Waals surface area contributed by atoms with Gasteiger partial charge in [0.25, 0.3) is 0 Å². The fourth-order valence-corrected chi connectivity index (χ4v) is 2.04. The Morgan fingerprint density at radius 3 is 2.67 bits per heavy atom. The van der Waals surface area contributed by atoms with Gasteiger partial charge in [0, 0.05) is 6.20 Å². The molecular weight excluding hydrogens is 224 g/mol. The second-order valence-corrected chi connectivity index (χ2v) is 4.46. The minimum absolute atomic E-state index is 0.648. The maximum absolute atomic E-state index is 5.96. The van der Waals surface area contributed by atoms with Gasteiger partial charge < -0.3 is 5.73 Å². The van der Waals surface area contributed by atoms with Crippen molar-refractivity contribution >= 4 is 16.7 Å². The highest BCUT2D eigenvalue weighted by Crippen LogP contribution is 2.23. The summed E-state index contributed by atoms with van der Waals surface area (Å²) in [5.74, 6) is 0.725. The summed E-state index contributed by atoms with van der Waals surface area (Å²) in [5, 5.41) is 0. The van der Waals surface area contributed by atoms with E-state index in [0.717, 1.165) is 16.9 Å². The van der Waals surface area contributed by atoms with Crippen molar-refractivity contribution in [1.82, 2.24) is 14.5 Å². The van der Waals surface area contributed by atoms with E-state index in [4.69, 9.17) is 5.73 Å². The van der Waals surface area contributed by atoms with E-state index in [1.54, 1.807) is 12.5 Å². The number of anilines is 1. The predicted molar refractivity (Wildman–Crippen MR) is 72.8 cm³/mol. The lowest BCUT2D eigenvalue weighted by molar-refractivity contribution is 1.03. The van der Waals surface area contributed by atoms with Crippen LogP contribution in [0.25, 0.3) is 16.9 Å². The van der Waals surface area contributed by atoms with E-state index in [1.165, 1.54) is 11.1 Å². The van der Waals surface area contributed by atoms with E-state index in [1.807, 2.05) is 16.7 Å². The summed E-state index contributed by atoms with van der Waals surface area (Å²) < 4.78 is 1.93. The molecule has 0 saturated heterocycles. The lowest BCUT2D eigenvalue weighted by atomic mass is 10.1. The Morgan fingerprint density at radius 1 is 1.11 bits per heavy atom. The molecule has 0 aliphatic carbocycles. The minimum atomic E-state index is 0.648. The van der Waals surface area contributed by atoms with E-state index >= 15 is 0 Å². The van der Waals surface area contributed by atoms with Crippen LogP contribution in [0.15, 0.2) is 36.8 Å². The molecule has 0 aliphatic rings. The SMILES string of the molecule is Cc1cc2ncn(-c3ncccc3N)c2cc1C. The molecule has 0 atom stereocenters. The number of nitrogen functional groups attached to an aromatic ring is 1. The maximum atomic E-state index is 5.96. The summed E-state index contributed by atoms with van der Waals surface area (Å²) in [6, 6.07) is 7.87. The average Bonchev–Trinajstić information content (AvgIpc) is 2.73. The largest absolute Gasteiger partial charge is 0.396 e. The molecule has 0 fully saturated rings. The summed E-state index contributed by atoms with van der Waals surface area (Å²) >= 11 is 0. The standard InChI is InChI=1S/C14H14N4/c1-9-6-12-13(7-10(9)2)18(8-17-12)14-11(15)4-3-5-16-14/h3-8H,15H2,1-2H3. The molecule has 1 aromatic carbocycles. The fraction of sp³-hybridized carbons (Fsp3) is 0.143. The van der Waals surface area contributed by atoms with E-state index in [0.29, 0.717) is 5.69 Å². The maximum Gasteiger partial charge on any atom is 0.161 e. The van der Waals surface area contributed by atoms with Gasteiger partial charge in [-0.3, -0.25) is 4.57 Å². The Morgan fingerprint density at radius 2 is 1.89 bits per heavy atom. The molecular formula is C14H14N4. The number of hydrogen-bond acceptors (Lipinski definition) is 3. The first-order valence-corrected chi connectivity index (χ1v) is 5.82. The average molecular weight is 238 g/mol. The monoisotopic (exact) mass is 238 g/mol. The third-order valence-corrected chi connectivity index (χ3v) is 3.21. The highest BCUT2D eigenvalue weighted by molar-refractivity contribution is 5.80. The number of nitrogens with two attached hydrogens (primary N) is 1. The molecule has 0 bridgehead atoms. The van der Waals surface area contributed by atoms with E-state index in [-0.39, 0.29) is 0 Å². The Kier molecular flexibility index (Phi) is 2.30. The molecule has 2 aromatic heterocycles. The molecule has 0 radical (unpaired) electrons. The van der Waals surface area contributed by atoms with Gasteiger partial charge in [-0.25, -0.2) is 9.97 Å². The van der Waals surface area contributed by atoms with Gasteiger partial charge in [0.1, 0.15) is 6.33 Å². The van der Waals surface area contributed by atoms with Crippen molar-refractivity contribution in [3.8, 4) is 5.82 Å². The van der Waals surface area contributed by atoms with Gasteiger partial charge in [-0.15, -0.1) is 0 Å². The zero-order valence-electron chi connectivity index (χ0n) is 10.4. The van der Waals surface area contributed by atoms with Crippen molar-refractivity contribution < 1.29 is 0 Å². The van der Waals surface area contributed by atoms with Crippen molar-refractivity contribution in [2.75, 3.05) is 5.73 Å². The van der Waals surface area contributed by atoms with Gasteiger partial charge in [-0.1, -0.05) is 0 Å². The normalized spacial score (nSPS) is 11.0. The summed E-state index contributed by atoms with van der Waals surface area (Å²) in [6.07, 6.45) is 3.50. The van der Waals surface area contributed by atoms with Crippen molar-refractivity contribution in [1.29, 1.82) is 0 Å². The first-order chi connectivity index (χ1) is 8.66. The predicted octanol–water partition coefficient (Wildman–Crippen LogP) is 2.62. The first-order valence-electron chi connectivity index (χ1n) is 5.82. The molecule has 2 heterocycles. The molecule has 4 heteroatoms. The highest BCUT2D eigenvalue weighted by Gasteiger charge is 2.09. The first kappa shape index (κ1) is 10.8. The number of aromatic nitrogens is 3. The second-order valence-electron chi connectivity index (χ2n) is 4.46. The van der Waals surface area contributed by atoms with Crippen LogP contribution in [-0.4, -0.2) is 14.5 Å². The lowest BCUT2D eigenvalue weighted by Crippen LogP contribution is -2.01. The summed E-state index contributed by atoms with van der Waals surface area (Å²) in [7, 11) is 0. The molecule has 4 nitrogen and oxygen atoms in total. The van der Waals surface area contributed by atoms with Gasteiger partial charge in [0.2, 0.25) is 0 Å². The number of hydrogen-bond donors (Lipinski definition) is 1. The zero-order valence-corrected chi connectivity index (χ0v) is 10.4. The van der Waals surface area contributed by atoms with Crippen LogP contribution in [0.3, 0.4) is 0 Å². The molecule has 0 spiro atoms. The number of nitrogens with zero attached hydrogens (tertiary/aromatic N) is 3. The Labute approximate surface area is 105 Å². The lowest BCUT2D eigenvalue weighted by Gasteiger charge is -2.07. The van der Waals surface area contributed by atoms with Crippen LogP contribution < -0.4 is 5.73 Å². The quantitative estimate of drug-likeness (QED) is 0.709. The fourth-order valence-electron chi connectivity index (χ4n) is 2.04. The van der Waals surface area contributed by atoms with Gasteiger partial charge >= 0.3 is 0 Å². The summed E-state index contributed by atoms with van der Waals surface area (Å²) in [5.41, 5.74) is 11.1. The molecule has 0 aliphatic heterocycles. The smallest absolute Gasteiger partial charge is 0.161 e. The molecule has 0 saturated carbocycles. The van der Waals surface area contributed by atoms with E-state index in [9.17, 15) is 0 Å². The summed E-state index contributed by atoms with van der Waals surface area (Å²) in [6.45, 7) is 4.18. The molecule has 3 aromatic rings. The Balaban J connectivity index is 2.31. The molecule has 2 N–H and O–H groups in total. The number of imidazole rings is 1.